The second-order valence-corrected chi connectivity index (χ2v) is 6.96. The smallest absolute Gasteiger partial charge is 0.341 e. The van der Waals surface area contributed by atoms with E-state index in [0.29, 0.717) is 28.8 Å². The van der Waals surface area contributed by atoms with Crippen molar-refractivity contribution in [2.24, 2.45) is 0 Å². The maximum absolute atomic E-state index is 12.5. The molecule has 0 fully saturated rings. The maximum atomic E-state index is 12.5. The van der Waals surface area contributed by atoms with Gasteiger partial charge in [-0.25, -0.2) is 14.5 Å². The lowest BCUT2D eigenvalue weighted by atomic mass is 10.0. The SMILES string of the molecule is COC(=O)c1cc(CNC(=O)c2nc(C)n(-c3ccccc3C(C)C)n2)oc1C. The zero-order chi connectivity index (χ0) is 21.1. The number of amides is 1. The highest BCUT2D eigenvalue weighted by Crippen LogP contribution is 2.23. The van der Waals surface area contributed by atoms with E-state index in [1.807, 2.05) is 24.3 Å². The third-order valence-corrected chi connectivity index (χ3v) is 4.56. The van der Waals surface area contributed by atoms with Crippen molar-refractivity contribution in [2.75, 3.05) is 7.11 Å². The number of esters is 1. The van der Waals surface area contributed by atoms with Gasteiger partial charge in [0, 0.05) is 0 Å². The van der Waals surface area contributed by atoms with E-state index in [1.54, 1.807) is 24.6 Å². The number of aryl methyl sites for hydroxylation is 2. The zero-order valence-corrected chi connectivity index (χ0v) is 17.1. The summed E-state index contributed by atoms with van der Waals surface area (Å²) in [5.74, 6) is 0.953. The highest BCUT2D eigenvalue weighted by atomic mass is 16.5. The molecule has 0 atom stereocenters. The molecule has 8 nitrogen and oxygen atoms in total. The van der Waals surface area contributed by atoms with Crippen LogP contribution in [0, 0.1) is 13.8 Å². The van der Waals surface area contributed by atoms with E-state index in [2.05, 4.69) is 29.2 Å². The quantitative estimate of drug-likeness (QED) is 0.642. The first-order chi connectivity index (χ1) is 13.8. The summed E-state index contributed by atoms with van der Waals surface area (Å²) in [4.78, 5) is 28.5. The fourth-order valence-electron chi connectivity index (χ4n) is 3.07. The summed E-state index contributed by atoms with van der Waals surface area (Å²) in [5, 5.41) is 7.11. The number of methoxy groups -OCH3 is 1. The molecular formula is C21H24N4O4. The van der Waals surface area contributed by atoms with Crippen molar-refractivity contribution in [1.29, 1.82) is 0 Å². The number of furan rings is 1. The van der Waals surface area contributed by atoms with Gasteiger partial charge in [0.25, 0.3) is 5.91 Å². The number of para-hydroxylation sites is 1. The Bertz CT molecular complexity index is 1050. The molecule has 0 unspecified atom stereocenters. The van der Waals surface area contributed by atoms with Crippen LogP contribution in [0.2, 0.25) is 0 Å². The Kier molecular flexibility index (Phi) is 5.81. The molecule has 0 spiro atoms. The predicted molar refractivity (Wildman–Crippen MR) is 106 cm³/mol. The first-order valence-corrected chi connectivity index (χ1v) is 9.30. The van der Waals surface area contributed by atoms with Gasteiger partial charge in [0.1, 0.15) is 22.9 Å². The van der Waals surface area contributed by atoms with Crippen LogP contribution in [0.15, 0.2) is 34.7 Å². The number of aromatic nitrogens is 3. The van der Waals surface area contributed by atoms with Crippen molar-refractivity contribution in [2.45, 2.75) is 40.2 Å². The number of hydrogen-bond acceptors (Lipinski definition) is 6. The van der Waals surface area contributed by atoms with Crippen LogP contribution in [-0.4, -0.2) is 33.8 Å². The van der Waals surface area contributed by atoms with E-state index in [4.69, 9.17) is 9.15 Å². The van der Waals surface area contributed by atoms with Crippen LogP contribution in [-0.2, 0) is 11.3 Å². The minimum atomic E-state index is -0.483. The molecule has 1 amide bonds. The van der Waals surface area contributed by atoms with E-state index < -0.39 is 11.9 Å². The molecule has 8 heteroatoms. The lowest BCUT2D eigenvalue weighted by Gasteiger charge is -2.12. The Morgan fingerprint density at radius 1 is 1.24 bits per heavy atom. The number of hydrogen-bond donors (Lipinski definition) is 1. The number of carbonyl (C=O) groups is 2. The van der Waals surface area contributed by atoms with Crippen LogP contribution < -0.4 is 5.32 Å². The van der Waals surface area contributed by atoms with E-state index in [0.717, 1.165) is 11.3 Å². The molecular weight excluding hydrogens is 372 g/mol. The number of rotatable bonds is 6. The molecule has 0 bridgehead atoms. The molecule has 0 radical (unpaired) electrons. The molecule has 0 saturated heterocycles. The molecule has 0 aliphatic heterocycles. The average molecular weight is 396 g/mol. The molecule has 1 N–H and O–H groups in total. The molecule has 2 heterocycles. The molecule has 3 rings (SSSR count). The van der Waals surface area contributed by atoms with E-state index >= 15 is 0 Å². The molecule has 0 aliphatic carbocycles. The van der Waals surface area contributed by atoms with Gasteiger partial charge in [-0.1, -0.05) is 32.0 Å². The van der Waals surface area contributed by atoms with Gasteiger partial charge in [-0.3, -0.25) is 4.79 Å². The lowest BCUT2D eigenvalue weighted by Crippen LogP contribution is -2.24. The summed E-state index contributed by atoms with van der Waals surface area (Å²) in [5.41, 5.74) is 2.35. The van der Waals surface area contributed by atoms with Gasteiger partial charge in [0.05, 0.1) is 19.3 Å². The first-order valence-electron chi connectivity index (χ1n) is 9.30. The molecule has 2 aromatic heterocycles. The van der Waals surface area contributed by atoms with Crippen LogP contribution in [0.4, 0.5) is 0 Å². The Morgan fingerprint density at radius 2 is 1.97 bits per heavy atom. The van der Waals surface area contributed by atoms with Gasteiger partial charge in [-0.15, -0.1) is 5.10 Å². The van der Waals surface area contributed by atoms with Crippen LogP contribution >= 0.6 is 0 Å². The largest absolute Gasteiger partial charge is 0.465 e. The normalized spacial score (nSPS) is 11.0. The van der Waals surface area contributed by atoms with Crippen molar-refractivity contribution in [3.63, 3.8) is 0 Å². The number of carbonyl (C=O) groups excluding carboxylic acids is 2. The van der Waals surface area contributed by atoms with Crippen LogP contribution in [0.5, 0.6) is 0 Å². The molecule has 152 valence electrons. The Morgan fingerprint density at radius 3 is 2.66 bits per heavy atom. The Labute approximate surface area is 168 Å². The number of nitrogens with one attached hydrogen (secondary N) is 1. The predicted octanol–water partition coefficient (Wildman–Crippen LogP) is 3.32. The highest BCUT2D eigenvalue weighted by molar-refractivity contribution is 5.91. The second-order valence-electron chi connectivity index (χ2n) is 6.96. The average Bonchev–Trinajstić information content (AvgIpc) is 3.28. The van der Waals surface area contributed by atoms with Crippen molar-refractivity contribution in [3.8, 4) is 5.69 Å². The summed E-state index contributed by atoms with van der Waals surface area (Å²) in [7, 11) is 1.30. The van der Waals surface area contributed by atoms with Gasteiger partial charge in [-0.05, 0) is 37.5 Å². The van der Waals surface area contributed by atoms with Crippen LogP contribution in [0.1, 0.15) is 63.7 Å². The summed E-state index contributed by atoms with van der Waals surface area (Å²) >= 11 is 0. The van der Waals surface area contributed by atoms with Gasteiger partial charge >= 0.3 is 5.97 Å². The number of ether oxygens (including phenoxy) is 1. The van der Waals surface area contributed by atoms with Crippen molar-refractivity contribution >= 4 is 11.9 Å². The standard InChI is InChI=1S/C21H24N4O4/c1-12(2)16-8-6-7-9-18(16)25-14(4)23-19(24-25)20(26)22-11-15-10-17(13(3)29-15)21(27)28-5/h6-10,12H,11H2,1-5H3,(H,22,26). The summed E-state index contributed by atoms with van der Waals surface area (Å²) < 4.78 is 11.9. The second kappa shape index (κ2) is 8.30. The number of benzene rings is 1. The van der Waals surface area contributed by atoms with Gasteiger partial charge < -0.3 is 14.5 Å². The summed E-state index contributed by atoms with van der Waals surface area (Å²) in [6.07, 6.45) is 0. The monoisotopic (exact) mass is 396 g/mol. The maximum Gasteiger partial charge on any atom is 0.341 e. The molecule has 0 saturated carbocycles. The van der Waals surface area contributed by atoms with Crippen molar-refractivity contribution in [1.82, 2.24) is 20.1 Å². The van der Waals surface area contributed by atoms with Gasteiger partial charge in [0.2, 0.25) is 5.82 Å². The fourth-order valence-corrected chi connectivity index (χ4v) is 3.07. The fraction of sp³-hybridized carbons (Fsp3) is 0.333. The zero-order valence-electron chi connectivity index (χ0n) is 17.1. The van der Waals surface area contributed by atoms with E-state index in [1.165, 1.54) is 7.11 Å². The number of nitrogens with zero attached hydrogens (tertiary/aromatic N) is 3. The molecule has 3 aromatic rings. The highest BCUT2D eigenvalue weighted by Gasteiger charge is 2.19. The summed E-state index contributed by atoms with van der Waals surface area (Å²) in [6, 6.07) is 9.46. The Balaban J connectivity index is 1.77. The van der Waals surface area contributed by atoms with Gasteiger partial charge in [0.15, 0.2) is 0 Å². The minimum absolute atomic E-state index is 0.0672. The topological polar surface area (TPSA) is 99.2 Å². The van der Waals surface area contributed by atoms with Crippen molar-refractivity contribution < 1.29 is 18.7 Å². The molecule has 0 aliphatic rings. The first kappa shape index (κ1) is 20.3. The molecule has 29 heavy (non-hydrogen) atoms. The van der Waals surface area contributed by atoms with Crippen LogP contribution in [0.3, 0.4) is 0 Å². The van der Waals surface area contributed by atoms with Crippen LogP contribution in [0.25, 0.3) is 5.69 Å². The van der Waals surface area contributed by atoms with E-state index in [9.17, 15) is 9.59 Å². The van der Waals surface area contributed by atoms with E-state index in [-0.39, 0.29) is 12.4 Å². The third-order valence-electron chi connectivity index (χ3n) is 4.56. The Hall–Kier alpha value is -3.42. The van der Waals surface area contributed by atoms with Gasteiger partial charge in [-0.2, -0.15) is 0 Å². The summed E-state index contributed by atoms with van der Waals surface area (Å²) in [6.45, 7) is 7.78. The third kappa shape index (κ3) is 4.21. The van der Waals surface area contributed by atoms with Crippen molar-refractivity contribution in [3.05, 3.63) is 64.6 Å². The minimum Gasteiger partial charge on any atom is -0.465 e. The lowest BCUT2D eigenvalue weighted by molar-refractivity contribution is 0.0598. The molecule has 1 aromatic carbocycles.